The van der Waals surface area contributed by atoms with E-state index in [2.05, 4.69) is 10.6 Å². The molecule has 1 aliphatic rings. The first-order valence-electron chi connectivity index (χ1n) is 8.66. The van der Waals surface area contributed by atoms with E-state index in [9.17, 15) is 9.59 Å². The molecular formula is C18H26N2O5. The zero-order valence-corrected chi connectivity index (χ0v) is 14.6. The van der Waals surface area contributed by atoms with Crippen molar-refractivity contribution in [3.05, 3.63) is 24.3 Å². The maximum absolute atomic E-state index is 11.8. The molecule has 0 spiro atoms. The number of anilines is 1. The summed E-state index contributed by atoms with van der Waals surface area (Å²) in [5, 5.41) is 5.44. The van der Waals surface area contributed by atoms with Gasteiger partial charge in [0.2, 0.25) is 11.8 Å². The van der Waals surface area contributed by atoms with Crippen molar-refractivity contribution in [2.24, 2.45) is 0 Å². The van der Waals surface area contributed by atoms with Crippen molar-refractivity contribution in [2.75, 3.05) is 38.3 Å². The van der Waals surface area contributed by atoms with Crippen LogP contribution in [0.4, 0.5) is 5.69 Å². The molecule has 0 radical (unpaired) electrons. The summed E-state index contributed by atoms with van der Waals surface area (Å²) < 4.78 is 16.0. The highest BCUT2D eigenvalue weighted by Gasteiger charge is 2.16. The van der Waals surface area contributed by atoms with Crippen molar-refractivity contribution in [2.45, 2.75) is 32.3 Å². The second-order valence-corrected chi connectivity index (χ2v) is 5.85. The molecule has 1 fully saturated rings. The minimum absolute atomic E-state index is 0.0940. The summed E-state index contributed by atoms with van der Waals surface area (Å²) >= 11 is 0. The van der Waals surface area contributed by atoms with E-state index < -0.39 is 0 Å². The minimum atomic E-state index is -0.311. The molecule has 1 aliphatic heterocycles. The third-order valence-corrected chi connectivity index (χ3v) is 3.63. The zero-order valence-electron chi connectivity index (χ0n) is 14.6. The van der Waals surface area contributed by atoms with Crippen molar-refractivity contribution < 1.29 is 23.8 Å². The number of hydrogen-bond acceptors (Lipinski definition) is 5. The van der Waals surface area contributed by atoms with E-state index in [0.717, 1.165) is 31.6 Å². The molecule has 7 nitrogen and oxygen atoms in total. The zero-order chi connectivity index (χ0) is 17.9. The van der Waals surface area contributed by atoms with Crippen LogP contribution in [0.2, 0.25) is 0 Å². The molecule has 0 aromatic heterocycles. The highest BCUT2D eigenvalue weighted by molar-refractivity contribution is 5.91. The highest BCUT2D eigenvalue weighted by Crippen LogP contribution is 2.15. The summed E-state index contributed by atoms with van der Waals surface area (Å²) in [5.41, 5.74) is 0.653. The van der Waals surface area contributed by atoms with E-state index in [1.54, 1.807) is 24.3 Å². The van der Waals surface area contributed by atoms with Crippen LogP contribution in [-0.4, -0.2) is 50.9 Å². The smallest absolute Gasteiger partial charge is 0.250 e. The first kappa shape index (κ1) is 19.2. The van der Waals surface area contributed by atoms with Crippen LogP contribution in [0.3, 0.4) is 0 Å². The van der Waals surface area contributed by atoms with Crippen LogP contribution in [0.5, 0.6) is 5.75 Å². The van der Waals surface area contributed by atoms with E-state index in [0.29, 0.717) is 18.8 Å². The van der Waals surface area contributed by atoms with Crippen LogP contribution < -0.4 is 15.4 Å². The standard InChI is InChI=1S/C18H26N2O5/c1-2-9-24-15-7-5-14(6-8-15)20-18(22)13-23-12-17(21)19-11-16-4-3-10-25-16/h5-8,16H,2-4,9-13H2,1H3,(H,19,21)(H,20,22). The maximum atomic E-state index is 11.8. The SMILES string of the molecule is CCCOc1ccc(NC(=O)COCC(=O)NCC2CCCO2)cc1. The molecular weight excluding hydrogens is 324 g/mol. The second-order valence-electron chi connectivity index (χ2n) is 5.85. The van der Waals surface area contributed by atoms with Crippen molar-refractivity contribution in [1.82, 2.24) is 5.32 Å². The van der Waals surface area contributed by atoms with Gasteiger partial charge in [0.05, 0.1) is 12.7 Å². The summed E-state index contributed by atoms with van der Waals surface area (Å²) in [6, 6.07) is 7.11. The third-order valence-electron chi connectivity index (χ3n) is 3.63. The number of ether oxygens (including phenoxy) is 3. The lowest BCUT2D eigenvalue weighted by Crippen LogP contribution is -2.35. The molecule has 1 atom stereocenters. The van der Waals surface area contributed by atoms with Crippen molar-refractivity contribution in [1.29, 1.82) is 0 Å². The maximum Gasteiger partial charge on any atom is 0.250 e. The number of benzene rings is 1. The predicted molar refractivity (Wildman–Crippen MR) is 93.7 cm³/mol. The number of hydrogen-bond donors (Lipinski definition) is 2. The molecule has 0 bridgehead atoms. The number of amides is 2. The lowest BCUT2D eigenvalue weighted by molar-refractivity contribution is -0.129. The summed E-state index contributed by atoms with van der Waals surface area (Å²) in [7, 11) is 0. The van der Waals surface area contributed by atoms with Gasteiger partial charge in [-0.1, -0.05) is 6.92 Å². The number of carbonyl (C=O) groups is 2. The van der Waals surface area contributed by atoms with Crippen LogP contribution in [0, 0.1) is 0 Å². The van der Waals surface area contributed by atoms with Gasteiger partial charge in [0.15, 0.2) is 0 Å². The Labute approximate surface area is 148 Å². The van der Waals surface area contributed by atoms with E-state index >= 15 is 0 Å². The van der Waals surface area contributed by atoms with E-state index in [1.165, 1.54) is 0 Å². The fourth-order valence-electron chi connectivity index (χ4n) is 2.37. The van der Waals surface area contributed by atoms with Gasteiger partial charge in [-0.2, -0.15) is 0 Å². The lowest BCUT2D eigenvalue weighted by atomic mass is 10.2. The van der Waals surface area contributed by atoms with Crippen molar-refractivity contribution in [3.63, 3.8) is 0 Å². The molecule has 25 heavy (non-hydrogen) atoms. The summed E-state index contributed by atoms with van der Waals surface area (Å²) in [4.78, 5) is 23.4. The molecule has 0 saturated carbocycles. The topological polar surface area (TPSA) is 85.9 Å². The van der Waals surface area contributed by atoms with E-state index in [1.807, 2.05) is 6.92 Å². The molecule has 7 heteroatoms. The molecule has 1 unspecified atom stereocenters. The Kier molecular flexibility index (Phi) is 8.21. The molecule has 2 rings (SSSR count). The predicted octanol–water partition coefficient (Wildman–Crippen LogP) is 1.73. The third kappa shape index (κ3) is 7.53. The molecule has 138 valence electrons. The van der Waals surface area contributed by atoms with Gasteiger partial charge in [-0.05, 0) is 43.5 Å². The van der Waals surface area contributed by atoms with Gasteiger partial charge in [0.1, 0.15) is 19.0 Å². The Morgan fingerprint density at radius 2 is 1.96 bits per heavy atom. The Morgan fingerprint density at radius 1 is 1.20 bits per heavy atom. The molecule has 0 aliphatic carbocycles. The highest BCUT2D eigenvalue weighted by atomic mass is 16.5. The second kappa shape index (κ2) is 10.7. The lowest BCUT2D eigenvalue weighted by Gasteiger charge is -2.11. The van der Waals surface area contributed by atoms with Crippen LogP contribution in [0.25, 0.3) is 0 Å². The average molecular weight is 350 g/mol. The van der Waals surface area contributed by atoms with Crippen molar-refractivity contribution >= 4 is 17.5 Å². The molecule has 2 amide bonds. The van der Waals surface area contributed by atoms with Gasteiger partial charge in [-0.25, -0.2) is 0 Å². The number of carbonyl (C=O) groups excluding carboxylic acids is 2. The van der Waals surface area contributed by atoms with Crippen LogP contribution in [0.1, 0.15) is 26.2 Å². The molecule has 1 aromatic rings. The minimum Gasteiger partial charge on any atom is -0.494 e. The first-order chi connectivity index (χ1) is 12.2. The fraction of sp³-hybridized carbons (Fsp3) is 0.556. The Balaban J connectivity index is 1.59. The van der Waals surface area contributed by atoms with E-state index in [-0.39, 0.29) is 31.1 Å². The number of nitrogens with one attached hydrogen (secondary N) is 2. The Bertz CT molecular complexity index is 541. The first-order valence-corrected chi connectivity index (χ1v) is 8.66. The van der Waals surface area contributed by atoms with Gasteiger partial charge in [0.25, 0.3) is 0 Å². The molecule has 1 heterocycles. The molecule has 2 N–H and O–H groups in total. The summed E-state index contributed by atoms with van der Waals surface area (Å²) in [6.07, 6.45) is 3.03. The van der Waals surface area contributed by atoms with Gasteiger partial charge in [-0.15, -0.1) is 0 Å². The van der Waals surface area contributed by atoms with Gasteiger partial charge in [0, 0.05) is 18.8 Å². The van der Waals surface area contributed by atoms with Gasteiger partial charge in [-0.3, -0.25) is 9.59 Å². The van der Waals surface area contributed by atoms with Gasteiger partial charge >= 0.3 is 0 Å². The summed E-state index contributed by atoms with van der Waals surface area (Å²) in [6.45, 7) is 3.61. The van der Waals surface area contributed by atoms with Crippen LogP contribution >= 0.6 is 0 Å². The Morgan fingerprint density at radius 3 is 2.64 bits per heavy atom. The quantitative estimate of drug-likeness (QED) is 0.671. The Hall–Kier alpha value is -2.12. The normalized spacial score (nSPS) is 16.4. The summed E-state index contributed by atoms with van der Waals surface area (Å²) in [5.74, 6) is 0.203. The molecule has 1 saturated heterocycles. The molecule has 1 aromatic carbocycles. The van der Waals surface area contributed by atoms with Gasteiger partial charge < -0.3 is 24.8 Å². The van der Waals surface area contributed by atoms with E-state index in [4.69, 9.17) is 14.2 Å². The monoisotopic (exact) mass is 350 g/mol. The number of rotatable bonds is 10. The van der Waals surface area contributed by atoms with Crippen molar-refractivity contribution in [3.8, 4) is 5.75 Å². The average Bonchev–Trinajstić information content (AvgIpc) is 3.13. The van der Waals surface area contributed by atoms with Crippen LogP contribution in [0.15, 0.2) is 24.3 Å². The van der Waals surface area contributed by atoms with Crippen LogP contribution in [-0.2, 0) is 19.1 Å². The fourth-order valence-corrected chi connectivity index (χ4v) is 2.37. The largest absolute Gasteiger partial charge is 0.494 e.